The molecular formula is C14H23N3O. The standard InChI is InChI=1S/C14H23N3O/c1-11(2)9-13-5-8-16(10-13)14(18)12(3)17-7-4-6-15-17/h4,6-7,11-13H,5,8-10H2,1-3H3/t12-,13-/m0/s1. The van der Waals surface area contributed by atoms with Crippen LogP contribution in [0.15, 0.2) is 18.5 Å². The summed E-state index contributed by atoms with van der Waals surface area (Å²) in [5, 5.41) is 4.15. The second-order valence-electron chi connectivity index (χ2n) is 5.73. The maximum atomic E-state index is 12.3. The average molecular weight is 249 g/mol. The van der Waals surface area contributed by atoms with Gasteiger partial charge in [0, 0.05) is 25.5 Å². The number of aromatic nitrogens is 2. The quantitative estimate of drug-likeness (QED) is 0.821. The zero-order valence-electron chi connectivity index (χ0n) is 11.5. The number of likely N-dealkylation sites (tertiary alicyclic amines) is 1. The summed E-state index contributed by atoms with van der Waals surface area (Å²) in [6.07, 6.45) is 5.94. The maximum Gasteiger partial charge on any atom is 0.247 e. The van der Waals surface area contributed by atoms with E-state index in [9.17, 15) is 4.79 Å². The van der Waals surface area contributed by atoms with E-state index >= 15 is 0 Å². The van der Waals surface area contributed by atoms with Crippen molar-refractivity contribution in [3.05, 3.63) is 18.5 Å². The van der Waals surface area contributed by atoms with Crippen LogP contribution in [0.3, 0.4) is 0 Å². The first kappa shape index (κ1) is 13.1. The summed E-state index contributed by atoms with van der Waals surface area (Å²) in [5.41, 5.74) is 0. The molecule has 0 saturated carbocycles. The maximum absolute atomic E-state index is 12.3. The zero-order valence-corrected chi connectivity index (χ0v) is 11.5. The van der Waals surface area contributed by atoms with Gasteiger partial charge in [-0.15, -0.1) is 0 Å². The third-order valence-electron chi connectivity index (χ3n) is 3.68. The molecule has 1 fully saturated rings. The predicted molar refractivity (Wildman–Crippen MR) is 71.1 cm³/mol. The highest BCUT2D eigenvalue weighted by Gasteiger charge is 2.29. The first-order valence-corrected chi connectivity index (χ1v) is 6.86. The second kappa shape index (κ2) is 5.55. The largest absolute Gasteiger partial charge is 0.341 e. The van der Waals surface area contributed by atoms with E-state index < -0.39 is 0 Å². The zero-order chi connectivity index (χ0) is 13.1. The molecule has 1 aromatic heterocycles. The van der Waals surface area contributed by atoms with Gasteiger partial charge in [0.2, 0.25) is 5.91 Å². The molecule has 0 unspecified atom stereocenters. The molecule has 4 nitrogen and oxygen atoms in total. The molecule has 0 radical (unpaired) electrons. The normalized spacial score (nSPS) is 21.6. The lowest BCUT2D eigenvalue weighted by molar-refractivity contribution is -0.133. The van der Waals surface area contributed by atoms with E-state index in [1.807, 2.05) is 24.1 Å². The van der Waals surface area contributed by atoms with Gasteiger partial charge in [-0.05, 0) is 37.7 Å². The lowest BCUT2D eigenvalue weighted by atomic mass is 9.97. The van der Waals surface area contributed by atoms with E-state index in [0.29, 0.717) is 11.8 Å². The van der Waals surface area contributed by atoms with Crippen molar-refractivity contribution in [1.29, 1.82) is 0 Å². The third-order valence-corrected chi connectivity index (χ3v) is 3.68. The molecule has 18 heavy (non-hydrogen) atoms. The van der Waals surface area contributed by atoms with Crippen LogP contribution in [0.25, 0.3) is 0 Å². The van der Waals surface area contributed by atoms with E-state index in [2.05, 4.69) is 18.9 Å². The molecular weight excluding hydrogens is 226 g/mol. The first-order chi connectivity index (χ1) is 8.58. The summed E-state index contributed by atoms with van der Waals surface area (Å²) >= 11 is 0. The Morgan fingerprint density at radius 2 is 2.22 bits per heavy atom. The van der Waals surface area contributed by atoms with Crippen molar-refractivity contribution in [2.45, 2.75) is 39.7 Å². The van der Waals surface area contributed by atoms with Gasteiger partial charge in [0.15, 0.2) is 0 Å². The van der Waals surface area contributed by atoms with Gasteiger partial charge in [0.1, 0.15) is 6.04 Å². The molecule has 1 saturated heterocycles. The average Bonchev–Trinajstić information content (AvgIpc) is 2.96. The molecule has 1 aromatic rings. The van der Waals surface area contributed by atoms with Gasteiger partial charge in [0.25, 0.3) is 0 Å². The fourth-order valence-corrected chi connectivity index (χ4v) is 2.78. The first-order valence-electron chi connectivity index (χ1n) is 6.86. The Balaban J connectivity index is 1.91. The van der Waals surface area contributed by atoms with Crippen molar-refractivity contribution in [2.75, 3.05) is 13.1 Å². The van der Waals surface area contributed by atoms with Crippen molar-refractivity contribution >= 4 is 5.91 Å². The molecule has 2 rings (SSSR count). The molecule has 0 aliphatic carbocycles. The Labute approximate surface area is 109 Å². The van der Waals surface area contributed by atoms with Crippen LogP contribution in [0.1, 0.15) is 39.7 Å². The highest BCUT2D eigenvalue weighted by molar-refractivity contribution is 5.80. The van der Waals surface area contributed by atoms with Crippen LogP contribution >= 0.6 is 0 Å². The number of carbonyl (C=O) groups excluding carboxylic acids is 1. The minimum Gasteiger partial charge on any atom is -0.341 e. The molecule has 2 atom stereocenters. The summed E-state index contributed by atoms with van der Waals surface area (Å²) in [6, 6.07) is 1.67. The summed E-state index contributed by atoms with van der Waals surface area (Å²) in [5.74, 6) is 1.59. The molecule has 1 aliphatic heterocycles. The van der Waals surface area contributed by atoms with Crippen LogP contribution in [0.2, 0.25) is 0 Å². The Hall–Kier alpha value is -1.32. The van der Waals surface area contributed by atoms with Gasteiger partial charge in [-0.2, -0.15) is 5.10 Å². The Kier molecular flexibility index (Phi) is 4.04. The van der Waals surface area contributed by atoms with Gasteiger partial charge >= 0.3 is 0 Å². The minimum absolute atomic E-state index is 0.183. The Morgan fingerprint density at radius 3 is 2.83 bits per heavy atom. The fraction of sp³-hybridized carbons (Fsp3) is 0.714. The van der Waals surface area contributed by atoms with Gasteiger partial charge in [-0.3, -0.25) is 9.48 Å². The van der Waals surface area contributed by atoms with E-state index in [1.54, 1.807) is 10.9 Å². The van der Waals surface area contributed by atoms with Crippen molar-refractivity contribution in [2.24, 2.45) is 11.8 Å². The van der Waals surface area contributed by atoms with E-state index in [4.69, 9.17) is 0 Å². The highest BCUT2D eigenvalue weighted by atomic mass is 16.2. The highest BCUT2D eigenvalue weighted by Crippen LogP contribution is 2.25. The van der Waals surface area contributed by atoms with Gasteiger partial charge in [-0.25, -0.2) is 0 Å². The number of amides is 1. The second-order valence-corrected chi connectivity index (χ2v) is 5.73. The molecule has 0 spiro atoms. The Morgan fingerprint density at radius 1 is 1.44 bits per heavy atom. The van der Waals surface area contributed by atoms with Crippen LogP contribution in [0.4, 0.5) is 0 Å². The van der Waals surface area contributed by atoms with Crippen LogP contribution in [-0.4, -0.2) is 33.7 Å². The van der Waals surface area contributed by atoms with Crippen molar-refractivity contribution in [3.8, 4) is 0 Å². The van der Waals surface area contributed by atoms with E-state index in [0.717, 1.165) is 19.5 Å². The molecule has 2 heterocycles. The fourth-order valence-electron chi connectivity index (χ4n) is 2.78. The molecule has 1 aliphatic rings. The summed E-state index contributed by atoms with van der Waals surface area (Å²) in [6.45, 7) is 8.24. The molecule has 0 aromatic carbocycles. The Bertz CT molecular complexity index is 386. The van der Waals surface area contributed by atoms with Crippen LogP contribution in [0, 0.1) is 11.8 Å². The topological polar surface area (TPSA) is 38.1 Å². The van der Waals surface area contributed by atoms with E-state index in [-0.39, 0.29) is 11.9 Å². The minimum atomic E-state index is -0.183. The SMILES string of the molecule is CC(C)C[C@@H]1CCN(C(=O)[C@H](C)n2cccn2)C1. The lowest BCUT2D eigenvalue weighted by Crippen LogP contribution is -2.34. The number of nitrogens with zero attached hydrogens (tertiary/aromatic N) is 3. The van der Waals surface area contributed by atoms with Crippen molar-refractivity contribution in [1.82, 2.24) is 14.7 Å². The molecule has 0 bridgehead atoms. The van der Waals surface area contributed by atoms with Gasteiger partial charge < -0.3 is 4.90 Å². The van der Waals surface area contributed by atoms with Gasteiger partial charge in [0.05, 0.1) is 0 Å². The van der Waals surface area contributed by atoms with E-state index in [1.165, 1.54) is 6.42 Å². The summed E-state index contributed by atoms with van der Waals surface area (Å²) < 4.78 is 1.73. The number of rotatable bonds is 4. The van der Waals surface area contributed by atoms with Crippen molar-refractivity contribution in [3.63, 3.8) is 0 Å². The summed E-state index contributed by atoms with van der Waals surface area (Å²) in [7, 11) is 0. The molecule has 1 amide bonds. The van der Waals surface area contributed by atoms with Gasteiger partial charge in [-0.1, -0.05) is 13.8 Å². The van der Waals surface area contributed by atoms with Crippen LogP contribution < -0.4 is 0 Å². The monoisotopic (exact) mass is 249 g/mol. The smallest absolute Gasteiger partial charge is 0.247 e. The third kappa shape index (κ3) is 2.92. The lowest BCUT2D eigenvalue weighted by Gasteiger charge is -2.21. The predicted octanol–water partition coefficient (Wildman–Crippen LogP) is 2.34. The number of hydrogen-bond donors (Lipinski definition) is 0. The van der Waals surface area contributed by atoms with Crippen molar-refractivity contribution < 1.29 is 4.79 Å². The summed E-state index contributed by atoms with van der Waals surface area (Å²) in [4.78, 5) is 14.3. The van der Waals surface area contributed by atoms with Crippen LogP contribution in [0.5, 0.6) is 0 Å². The molecule has 4 heteroatoms. The number of hydrogen-bond acceptors (Lipinski definition) is 2. The molecule has 100 valence electrons. The van der Waals surface area contributed by atoms with Crippen LogP contribution in [-0.2, 0) is 4.79 Å². The number of carbonyl (C=O) groups is 1. The molecule has 0 N–H and O–H groups in total.